The molecular weight excluding hydrogens is 290 g/mol. The molecule has 0 aliphatic carbocycles. The van der Waals surface area contributed by atoms with Crippen LogP contribution in [-0.4, -0.2) is 18.5 Å². The van der Waals surface area contributed by atoms with Crippen molar-refractivity contribution in [1.82, 2.24) is 5.32 Å². The molecule has 0 saturated heterocycles. The zero-order valence-electron chi connectivity index (χ0n) is 11.4. The predicted molar refractivity (Wildman–Crippen MR) is 79.6 cm³/mol. The van der Waals surface area contributed by atoms with Crippen molar-refractivity contribution in [2.45, 2.75) is 13.0 Å². The third-order valence-corrected chi connectivity index (χ3v) is 3.67. The summed E-state index contributed by atoms with van der Waals surface area (Å²) in [4.78, 5) is 24.1. The summed E-state index contributed by atoms with van der Waals surface area (Å²) in [5.74, 6) is -0.385. The van der Waals surface area contributed by atoms with Gasteiger partial charge in [-0.3, -0.25) is 4.79 Å². The maximum absolute atomic E-state index is 11.7. The highest BCUT2D eigenvalue weighted by Gasteiger charge is 2.11. The van der Waals surface area contributed by atoms with E-state index in [1.165, 1.54) is 18.4 Å². The van der Waals surface area contributed by atoms with E-state index in [9.17, 15) is 9.59 Å². The van der Waals surface area contributed by atoms with Gasteiger partial charge in [0.1, 0.15) is 5.76 Å². The highest BCUT2D eigenvalue weighted by Crippen LogP contribution is 2.17. The Morgan fingerprint density at radius 3 is 2.95 bits per heavy atom. The molecule has 0 aromatic carbocycles. The summed E-state index contributed by atoms with van der Waals surface area (Å²) in [6.45, 7) is 1.57. The van der Waals surface area contributed by atoms with Gasteiger partial charge in [-0.05, 0) is 36.6 Å². The van der Waals surface area contributed by atoms with Gasteiger partial charge in [-0.25, -0.2) is 4.79 Å². The number of esters is 1. The van der Waals surface area contributed by atoms with E-state index in [0.29, 0.717) is 5.76 Å². The molecule has 0 unspecified atom stereocenters. The number of rotatable bonds is 6. The van der Waals surface area contributed by atoms with Crippen LogP contribution in [-0.2, 0) is 14.3 Å². The summed E-state index contributed by atoms with van der Waals surface area (Å²) in [6, 6.07) is 7.18. The van der Waals surface area contributed by atoms with Gasteiger partial charge in [0.25, 0.3) is 5.91 Å². The molecule has 1 N–H and O–H groups in total. The molecule has 2 heterocycles. The fourth-order valence-corrected chi connectivity index (χ4v) is 2.35. The van der Waals surface area contributed by atoms with E-state index >= 15 is 0 Å². The molecule has 2 aromatic rings. The van der Waals surface area contributed by atoms with Gasteiger partial charge in [0.15, 0.2) is 6.61 Å². The Morgan fingerprint density at radius 1 is 1.43 bits per heavy atom. The fraction of sp³-hybridized carbons (Fsp3) is 0.200. The zero-order valence-corrected chi connectivity index (χ0v) is 12.3. The number of hydrogen-bond acceptors (Lipinski definition) is 5. The molecule has 1 atom stereocenters. The SMILES string of the molecule is C[C@@H](NC(=O)COC(=O)/C=C/c1ccco1)c1cccs1. The molecular formula is C15H15NO4S. The number of carbonyl (C=O) groups is 2. The Balaban J connectivity index is 1.72. The number of carbonyl (C=O) groups excluding carboxylic acids is 2. The minimum atomic E-state index is -0.592. The molecule has 0 aliphatic rings. The van der Waals surface area contributed by atoms with Crippen LogP contribution in [0.25, 0.3) is 6.08 Å². The summed E-state index contributed by atoms with van der Waals surface area (Å²) in [5.41, 5.74) is 0. The Hall–Kier alpha value is -2.34. The average molecular weight is 305 g/mol. The van der Waals surface area contributed by atoms with Crippen molar-refractivity contribution in [2.24, 2.45) is 0 Å². The number of thiophene rings is 1. The van der Waals surface area contributed by atoms with Crippen LogP contribution in [0, 0.1) is 0 Å². The molecule has 6 heteroatoms. The minimum Gasteiger partial charge on any atom is -0.465 e. The number of ether oxygens (including phenoxy) is 1. The molecule has 0 fully saturated rings. The lowest BCUT2D eigenvalue weighted by Gasteiger charge is -2.11. The van der Waals surface area contributed by atoms with E-state index < -0.39 is 5.97 Å². The van der Waals surface area contributed by atoms with Crippen molar-refractivity contribution in [3.63, 3.8) is 0 Å². The monoisotopic (exact) mass is 305 g/mol. The van der Waals surface area contributed by atoms with Gasteiger partial charge in [-0.2, -0.15) is 0 Å². The Morgan fingerprint density at radius 2 is 2.29 bits per heavy atom. The zero-order chi connectivity index (χ0) is 15.1. The molecule has 0 aliphatic heterocycles. The quantitative estimate of drug-likeness (QED) is 0.658. The summed E-state index contributed by atoms with van der Waals surface area (Å²) < 4.78 is 9.88. The second-order valence-electron chi connectivity index (χ2n) is 4.26. The first-order valence-electron chi connectivity index (χ1n) is 6.36. The summed E-state index contributed by atoms with van der Waals surface area (Å²) in [6.07, 6.45) is 4.20. The lowest BCUT2D eigenvalue weighted by molar-refractivity contribution is -0.144. The van der Waals surface area contributed by atoms with Crippen molar-refractivity contribution in [2.75, 3.05) is 6.61 Å². The molecule has 5 nitrogen and oxygen atoms in total. The van der Waals surface area contributed by atoms with Crippen molar-refractivity contribution in [1.29, 1.82) is 0 Å². The summed E-state index contributed by atoms with van der Waals surface area (Å²) >= 11 is 1.56. The third-order valence-electron chi connectivity index (χ3n) is 2.62. The molecule has 1 amide bonds. The first-order valence-corrected chi connectivity index (χ1v) is 7.24. The van der Waals surface area contributed by atoms with Gasteiger partial charge in [-0.1, -0.05) is 6.07 Å². The van der Waals surface area contributed by atoms with Gasteiger partial charge in [0.05, 0.1) is 12.3 Å². The molecule has 0 bridgehead atoms. The van der Waals surface area contributed by atoms with Crippen LogP contribution in [0.2, 0.25) is 0 Å². The van der Waals surface area contributed by atoms with E-state index in [0.717, 1.165) is 4.88 Å². The largest absolute Gasteiger partial charge is 0.465 e. The summed E-state index contributed by atoms with van der Waals surface area (Å²) in [5, 5.41) is 4.70. The standard InChI is InChI=1S/C15H15NO4S/c1-11(13-5-3-9-21-13)16-14(17)10-20-15(18)7-6-12-4-2-8-19-12/h2-9,11H,10H2,1H3,(H,16,17)/b7-6+/t11-/m1/s1. The van der Waals surface area contributed by atoms with E-state index in [1.807, 2.05) is 24.4 Å². The van der Waals surface area contributed by atoms with Crippen LogP contribution < -0.4 is 5.32 Å². The maximum Gasteiger partial charge on any atom is 0.331 e. The molecule has 21 heavy (non-hydrogen) atoms. The van der Waals surface area contributed by atoms with Gasteiger partial charge >= 0.3 is 5.97 Å². The van der Waals surface area contributed by atoms with Crippen LogP contribution in [0.15, 0.2) is 46.4 Å². The van der Waals surface area contributed by atoms with Crippen LogP contribution in [0.1, 0.15) is 23.6 Å². The molecule has 2 rings (SSSR count). The number of furan rings is 1. The average Bonchev–Trinajstić information content (AvgIpc) is 3.15. The van der Waals surface area contributed by atoms with Gasteiger partial charge in [-0.15, -0.1) is 11.3 Å². The van der Waals surface area contributed by atoms with Crippen molar-refractivity contribution >= 4 is 29.3 Å². The Labute approximate surface area is 126 Å². The van der Waals surface area contributed by atoms with Crippen LogP contribution in [0.4, 0.5) is 0 Å². The Bertz CT molecular complexity index is 602. The minimum absolute atomic E-state index is 0.102. The van der Waals surface area contributed by atoms with Crippen LogP contribution in [0.5, 0.6) is 0 Å². The predicted octanol–water partition coefficient (Wildman–Crippen LogP) is 2.77. The molecule has 0 saturated carbocycles. The molecule has 0 spiro atoms. The van der Waals surface area contributed by atoms with Crippen LogP contribution >= 0.6 is 11.3 Å². The van der Waals surface area contributed by atoms with Gasteiger partial charge < -0.3 is 14.5 Å². The highest BCUT2D eigenvalue weighted by molar-refractivity contribution is 7.10. The van der Waals surface area contributed by atoms with Crippen molar-refractivity contribution in [3.8, 4) is 0 Å². The van der Waals surface area contributed by atoms with Crippen molar-refractivity contribution in [3.05, 3.63) is 52.6 Å². The van der Waals surface area contributed by atoms with Crippen LogP contribution in [0.3, 0.4) is 0 Å². The summed E-state index contributed by atoms with van der Waals surface area (Å²) in [7, 11) is 0. The second kappa shape index (κ2) is 7.44. The first-order chi connectivity index (χ1) is 10.1. The van der Waals surface area contributed by atoms with E-state index in [2.05, 4.69) is 5.32 Å². The van der Waals surface area contributed by atoms with E-state index in [-0.39, 0.29) is 18.6 Å². The number of hydrogen-bond donors (Lipinski definition) is 1. The van der Waals surface area contributed by atoms with E-state index in [4.69, 9.17) is 9.15 Å². The first kappa shape index (κ1) is 15.1. The van der Waals surface area contributed by atoms with Gasteiger partial charge in [0, 0.05) is 11.0 Å². The lowest BCUT2D eigenvalue weighted by Crippen LogP contribution is -2.30. The third kappa shape index (κ3) is 4.92. The maximum atomic E-state index is 11.7. The molecule has 110 valence electrons. The lowest BCUT2D eigenvalue weighted by atomic mass is 10.3. The fourth-order valence-electron chi connectivity index (χ4n) is 1.61. The van der Waals surface area contributed by atoms with Gasteiger partial charge in [0.2, 0.25) is 0 Å². The number of nitrogens with one attached hydrogen (secondary N) is 1. The molecule has 0 radical (unpaired) electrons. The number of amides is 1. The van der Waals surface area contributed by atoms with E-state index in [1.54, 1.807) is 23.5 Å². The normalized spacial score (nSPS) is 12.2. The molecule has 2 aromatic heterocycles. The Kier molecular flexibility index (Phi) is 5.34. The smallest absolute Gasteiger partial charge is 0.331 e. The topological polar surface area (TPSA) is 68.5 Å². The highest BCUT2D eigenvalue weighted by atomic mass is 32.1. The second-order valence-corrected chi connectivity index (χ2v) is 5.24. The van der Waals surface area contributed by atoms with Crippen molar-refractivity contribution < 1.29 is 18.7 Å².